The van der Waals surface area contributed by atoms with Crippen molar-refractivity contribution in [1.29, 1.82) is 0 Å². The van der Waals surface area contributed by atoms with Crippen LogP contribution in [-0.2, 0) is 4.79 Å². The monoisotopic (exact) mass is 197 g/mol. The minimum absolute atomic E-state index is 0.110. The van der Waals surface area contributed by atoms with Gasteiger partial charge in [-0.2, -0.15) is 5.10 Å². The molecule has 0 aromatic carbocycles. The molecule has 6 nitrogen and oxygen atoms in total. The SMILES string of the molecule is CC(CNC(=O)c1cn[nH]c1)C(=O)O. The van der Waals surface area contributed by atoms with Gasteiger partial charge in [0, 0.05) is 12.7 Å². The number of aromatic nitrogens is 2. The van der Waals surface area contributed by atoms with E-state index in [0.29, 0.717) is 5.56 Å². The standard InChI is InChI=1S/C8H11N3O3/c1-5(8(13)14)2-9-7(12)6-3-10-11-4-6/h3-5H,2H2,1H3,(H,9,12)(H,10,11)(H,13,14). The van der Waals surface area contributed by atoms with Gasteiger partial charge in [-0.15, -0.1) is 0 Å². The fourth-order valence-electron chi connectivity index (χ4n) is 0.810. The van der Waals surface area contributed by atoms with E-state index in [1.54, 1.807) is 0 Å². The summed E-state index contributed by atoms with van der Waals surface area (Å²) in [6.07, 6.45) is 2.82. The van der Waals surface area contributed by atoms with Crippen LogP contribution in [0.1, 0.15) is 17.3 Å². The summed E-state index contributed by atoms with van der Waals surface area (Å²) in [4.78, 5) is 21.7. The maximum atomic E-state index is 11.3. The van der Waals surface area contributed by atoms with Gasteiger partial charge >= 0.3 is 5.97 Å². The van der Waals surface area contributed by atoms with Crippen LogP contribution in [0.2, 0.25) is 0 Å². The molecular formula is C8H11N3O3. The molecule has 0 spiro atoms. The predicted molar refractivity (Wildman–Crippen MR) is 47.7 cm³/mol. The fraction of sp³-hybridized carbons (Fsp3) is 0.375. The van der Waals surface area contributed by atoms with Crippen molar-refractivity contribution in [2.75, 3.05) is 6.54 Å². The number of carboxylic acid groups (broad SMARTS) is 1. The van der Waals surface area contributed by atoms with Crippen molar-refractivity contribution in [3.8, 4) is 0 Å². The molecule has 76 valence electrons. The Morgan fingerprint density at radius 3 is 2.93 bits per heavy atom. The second kappa shape index (κ2) is 4.40. The lowest BCUT2D eigenvalue weighted by Crippen LogP contribution is -2.31. The van der Waals surface area contributed by atoms with E-state index in [2.05, 4.69) is 15.5 Å². The predicted octanol–water partition coefficient (Wildman–Crippen LogP) is -0.140. The molecule has 3 N–H and O–H groups in total. The van der Waals surface area contributed by atoms with Crippen LogP contribution >= 0.6 is 0 Å². The summed E-state index contributed by atoms with van der Waals surface area (Å²) in [5, 5.41) is 17.1. The van der Waals surface area contributed by atoms with E-state index in [1.807, 2.05) is 0 Å². The summed E-state index contributed by atoms with van der Waals surface area (Å²) in [5.74, 6) is -1.85. The number of carbonyl (C=O) groups excluding carboxylic acids is 1. The van der Waals surface area contributed by atoms with Crippen molar-refractivity contribution in [2.24, 2.45) is 5.92 Å². The maximum Gasteiger partial charge on any atom is 0.308 e. The van der Waals surface area contributed by atoms with E-state index in [4.69, 9.17) is 5.11 Å². The Bertz CT molecular complexity index is 321. The Labute approximate surface area is 80.3 Å². The van der Waals surface area contributed by atoms with Crippen molar-refractivity contribution >= 4 is 11.9 Å². The smallest absolute Gasteiger partial charge is 0.308 e. The van der Waals surface area contributed by atoms with E-state index in [-0.39, 0.29) is 12.5 Å². The van der Waals surface area contributed by atoms with Gasteiger partial charge in [0.2, 0.25) is 0 Å². The molecule has 1 aromatic heterocycles. The van der Waals surface area contributed by atoms with Crippen molar-refractivity contribution < 1.29 is 14.7 Å². The number of H-pyrrole nitrogens is 1. The van der Waals surface area contributed by atoms with E-state index in [1.165, 1.54) is 19.3 Å². The molecule has 1 rings (SSSR count). The lowest BCUT2D eigenvalue weighted by Gasteiger charge is -2.06. The molecule has 0 saturated carbocycles. The lowest BCUT2D eigenvalue weighted by molar-refractivity contribution is -0.140. The molecule has 0 fully saturated rings. The Morgan fingerprint density at radius 1 is 1.71 bits per heavy atom. The zero-order valence-corrected chi connectivity index (χ0v) is 7.65. The van der Waals surface area contributed by atoms with Crippen LogP contribution in [0.25, 0.3) is 0 Å². The van der Waals surface area contributed by atoms with Crippen LogP contribution in [0.4, 0.5) is 0 Å². The van der Waals surface area contributed by atoms with E-state index in [0.717, 1.165) is 0 Å². The molecule has 14 heavy (non-hydrogen) atoms. The highest BCUT2D eigenvalue weighted by Gasteiger charge is 2.13. The third-order valence-electron chi connectivity index (χ3n) is 1.75. The molecule has 0 radical (unpaired) electrons. The molecule has 0 aliphatic heterocycles. The Morgan fingerprint density at radius 2 is 2.43 bits per heavy atom. The van der Waals surface area contributed by atoms with Gasteiger partial charge in [-0.25, -0.2) is 0 Å². The quantitative estimate of drug-likeness (QED) is 0.626. The van der Waals surface area contributed by atoms with Crippen LogP contribution < -0.4 is 5.32 Å². The lowest BCUT2D eigenvalue weighted by atomic mass is 10.2. The van der Waals surface area contributed by atoms with Crippen LogP contribution in [-0.4, -0.2) is 33.7 Å². The number of rotatable bonds is 4. The van der Waals surface area contributed by atoms with E-state index >= 15 is 0 Å². The number of hydrogen-bond donors (Lipinski definition) is 3. The topological polar surface area (TPSA) is 95.1 Å². The average Bonchev–Trinajstić information content (AvgIpc) is 2.66. The zero-order valence-electron chi connectivity index (χ0n) is 7.65. The minimum Gasteiger partial charge on any atom is -0.481 e. The summed E-state index contributed by atoms with van der Waals surface area (Å²) < 4.78 is 0. The van der Waals surface area contributed by atoms with Crippen molar-refractivity contribution in [3.63, 3.8) is 0 Å². The second-order valence-corrected chi connectivity index (χ2v) is 2.94. The molecule has 0 bridgehead atoms. The van der Waals surface area contributed by atoms with Crippen LogP contribution in [0.5, 0.6) is 0 Å². The Hall–Kier alpha value is -1.85. The fourth-order valence-corrected chi connectivity index (χ4v) is 0.810. The van der Waals surface area contributed by atoms with Gasteiger partial charge in [0.1, 0.15) is 0 Å². The molecule has 6 heteroatoms. The summed E-state index contributed by atoms with van der Waals surface area (Å²) >= 11 is 0. The first-order chi connectivity index (χ1) is 6.61. The zero-order chi connectivity index (χ0) is 10.6. The van der Waals surface area contributed by atoms with Crippen LogP contribution in [0.3, 0.4) is 0 Å². The maximum absolute atomic E-state index is 11.3. The number of carboxylic acids is 1. The highest BCUT2D eigenvalue weighted by Crippen LogP contribution is 1.95. The number of nitrogens with zero attached hydrogens (tertiary/aromatic N) is 1. The summed E-state index contributed by atoms with van der Waals surface area (Å²) in [5.41, 5.74) is 0.391. The van der Waals surface area contributed by atoms with E-state index < -0.39 is 11.9 Å². The van der Waals surface area contributed by atoms with E-state index in [9.17, 15) is 9.59 Å². The summed E-state index contributed by atoms with van der Waals surface area (Å²) in [7, 11) is 0. The number of carbonyl (C=O) groups is 2. The molecule has 0 saturated heterocycles. The molecule has 0 aliphatic rings. The van der Waals surface area contributed by atoms with Gasteiger partial charge in [0.15, 0.2) is 0 Å². The molecule has 0 aliphatic carbocycles. The molecule has 1 aromatic rings. The molecular weight excluding hydrogens is 186 g/mol. The molecule has 1 atom stereocenters. The molecule has 1 heterocycles. The summed E-state index contributed by atoms with van der Waals surface area (Å²) in [6.45, 7) is 1.64. The number of amides is 1. The average molecular weight is 197 g/mol. The summed E-state index contributed by atoms with van der Waals surface area (Å²) in [6, 6.07) is 0. The highest BCUT2D eigenvalue weighted by atomic mass is 16.4. The van der Waals surface area contributed by atoms with Crippen molar-refractivity contribution in [3.05, 3.63) is 18.0 Å². The van der Waals surface area contributed by atoms with Crippen LogP contribution in [0, 0.1) is 5.92 Å². The third kappa shape index (κ3) is 2.58. The first-order valence-corrected chi connectivity index (χ1v) is 4.11. The number of aromatic amines is 1. The van der Waals surface area contributed by atoms with Gasteiger partial charge in [-0.1, -0.05) is 6.92 Å². The van der Waals surface area contributed by atoms with Gasteiger partial charge in [-0.3, -0.25) is 14.7 Å². The van der Waals surface area contributed by atoms with Gasteiger partial charge in [0.25, 0.3) is 5.91 Å². The normalized spacial score (nSPS) is 12.1. The first kappa shape index (κ1) is 10.2. The van der Waals surface area contributed by atoms with Crippen molar-refractivity contribution in [2.45, 2.75) is 6.92 Å². The van der Waals surface area contributed by atoms with Crippen LogP contribution in [0.15, 0.2) is 12.4 Å². The highest BCUT2D eigenvalue weighted by molar-refractivity contribution is 5.93. The number of aliphatic carboxylic acids is 1. The number of hydrogen-bond acceptors (Lipinski definition) is 3. The van der Waals surface area contributed by atoms with Crippen molar-refractivity contribution in [1.82, 2.24) is 15.5 Å². The Kier molecular flexibility index (Phi) is 3.22. The Balaban J connectivity index is 2.40. The van der Waals surface area contributed by atoms with Gasteiger partial charge < -0.3 is 10.4 Å². The first-order valence-electron chi connectivity index (χ1n) is 4.11. The van der Waals surface area contributed by atoms with Gasteiger partial charge in [0.05, 0.1) is 17.7 Å². The molecule has 1 unspecified atom stereocenters. The molecule has 1 amide bonds. The minimum atomic E-state index is -0.933. The second-order valence-electron chi connectivity index (χ2n) is 2.94. The number of nitrogens with one attached hydrogen (secondary N) is 2. The van der Waals surface area contributed by atoms with Gasteiger partial charge in [-0.05, 0) is 0 Å². The third-order valence-corrected chi connectivity index (χ3v) is 1.75. The largest absolute Gasteiger partial charge is 0.481 e.